The van der Waals surface area contributed by atoms with Gasteiger partial charge in [0.25, 0.3) is 0 Å². The highest BCUT2D eigenvalue weighted by Crippen LogP contribution is 2.51. The van der Waals surface area contributed by atoms with Crippen LogP contribution in [0, 0.1) is 11.8 Å². The molecule has 4 atom stereocenters. The van der Waals surface area contributed by atoms with Gasteiger partial charge in [-0.1, -0.05) is 143 Å². The average Bonchev–Trinajstić information content (AvgIpc) is 3.16. The quantitative estimate of drug-likeness (QED) is 0.0358. The van der Waals surface area contributed by atoms with Gasteiger partial charge in [0.15, 0.2) is 8.32 Å². The van der Waals surface area contributed by atoms with Gasteiger partial charge in [0.2, 0.25) is 5.91 Å². The Balaban J connectivity index is 1.82. The molecule has 0 unspecified atom stereocenters. The summed E-state index contributed by atoms with van der Waals surface area (Å²) in [5.74, 6) is -4.62. The first-order valence-corrected chi connectivity index (χ1v) is 22.9. The maximum Gasteiger partial charge on any atom is 0.356 e. The van der Waals surface area contributed by atoms with Crippen LogP contribution in [0.2, 0.25) is 18.1 Å². The second-order valence-electron chi connectivity index (χ2n) is 15.1. The van der Waals surface area contributed by atoms with E-state index < -0.39 is 57.1 Å². The minimum Gasteiger partial charge on any atom is -0.457 e. The molecule has 0 saturated carbocycles. The molecule has 1 saturated heterocycles. The van der Waals surface area contributed by atoms with E-state index in [1.54, 1.807) is 37.3 Å². The molecule has 0 aliphatic carbocycles. The van der Waals surface area contributed by atoms with Crippen molar-refractivity contribution in [2.45, 2.75) is 64.9 Å². The van der Waals surface area contributed by atoms with Gasteiger partial charge in [0, 0.05) is 6.89 Å². The van der Waals surface area contributed by atoms with E-state index in [-0.39, 0.29) is 28.5 Å². The van der Waals surface area contributed by atoms with Crippen molar-refractivity contribution < 1.29 is 33.1 Å². The molecule has 1 aliphatic rings. The van der Waals surface area contributed by atoms with E-state index in [0.717, 1.165) is 15.9 Å². The molecule has 10 heteroatoms. The molecule has 0 radical (unpaired) electrons. The summed E-state index contributed by atoms with van der Waals surface area (Å²) in [7, 11) is -2.43. The summed E-state index contributed by atoms with van der Waals surface area (Å²) in [5, 5.41) is 2.25. The van der Waals surface area contributed by atoms with Crippen LogP contribution in [-0.2, 0) is 28.3 Å². The fourth-order valence-corrected chi connectivity index (χ4v) is 12.6. The number of hydrogen-bond donors (Lipinski definition) is 0. The highest BCUT2D eigenvalue weighted by Gasteiger charge is 2.60. The van der Waals surface area contributed by atoms with E-state index in [2.05, 4.69) is 40.4 Å². The second kappa shape index (κ2) is 16.7. The summed E-state index contributed by atoms with van der Waals surface area (Å²) >= 11 is 0. The van der Waals surface area contributed by atoms with Crippen LogP contribution in [0.15, 0.2) is 134 Å². The number of rotatable bonds is 13. The molecule has 4 aromatic rings. The van der Waals surface area contributed by atoms with Crippen LogP contribution in [0.3, 0.4) is 0 Å². The van der Waals surface area contributed by atoms with Crippen LogP contribution in [0.25, 0.3) is 0 Å². The number of β-lactam (4-membered cyclic amide) rings is 1. The summed E-state index contributed by atoms with van der Waals surface area (Å²) in [6.07, 6.45) is 0.842. The highest BCUT2D eigenvalue weighted by atomic mass is 31.2. The normalized spacial score (nSPS) is 17.1. The Morgan fingerprint density at radius 3 is 1.67 bits per heavy atom. The third kappa shape index (κ3) is 7.85. The molecule has 54 heavy (non-hydrogen) atoms. The number of esters is 3. The Hall–Kier alpha value is -4.82. The number of hydrogen-bond acceptors (Lipinski definition) is 7. The molecular formula is C44H50NO7PSi. The highest BCUT2D eigenvalue weighted by molar-refractivity contribution is 7.96. The Morgan fingerprint density at radius 1 is 0.796 bits per heavy atom. The van der Waals surface area contributed by atoms with E-state index in [4.69, 9.17) is 13.9 Å². The predicted octanol–water partition coefficient (Wildman–Crippen LogP) is 7.10. The van der Waals surface area contributed by atoms with Crippen molar-refractivity contribution in [1.82, 2.24) is 4.90 Å². The van der Waals surface area contributed by atoms with E-state index in [1.807, 2.05) is 97.9 Å². The zero-order valence-electron chi connectivity index (χ0n) is 32.1. The first-order valence-electron chi connectivity index (χ1n) is 18.2. The number of amides is 1. The van der Waals surface area contributed by atoms with Gasteiger partial charge >= 0.3 is 17.9 Å². The maximum absolute atomic E-state index is 15.1. The number of likely N-dealkylation sites (tertiary alicyclic amines) is 1. The van der Waals surface area contributed by atoms with E-state index in [9.17, 15) is 14.4 Å². The molecule has 1 fully saturated rings. The van der Waals surface area contributed by atoms with Gasteiger partial charge < -0.3 is 18.8 Å². The Bertz CT molecular complexity index is 1930. The summed E-state index contributed by atoms with van der Waals surface area (Å²) < 4.78 is 18.2. The lowest BCUT2D eigenvalue weighted by Gasteiger charge is -2.54. The van der Waals surface area contributed by atoms with Crippen molar-refractivity contribution in [2.75, 3.05) is 6.61 Å². The molecule has 0 spiro atoms. The SMILES string of the molecule is C=CCOC(=O)C(N1C(=O)[C@H]([C@@H](C)O[Si](C)(C)C(C)(C)C)[C@@H]1[C@@H](C)C(=O)OC(=O)c1ccccc1)=P(c1ccccc1)(c1ccccc1)c1ccccc1. The first kappa shape index (κ1) is 40.4. The predicted molar refractivity (Wildman–Crippen MR) is 219 cm³/mol. The van der Waals surface area contributed by atoms with Crippen LogP contribution in [-0.4, -0.2) is 61.2 Å². The Labute approximate surface area is 320 Å². The fraction of sp³-hybridized carbons (Fsp3) is 0.295. The van der Waals surface area contributed by atoms with Gasteiger partial charge in [-0.2, -0.15) is 0 Å². The van der Waals surface area contributed by atoms with Gasteiger partial charge in [0.05, 0.1) is 29.5 Å². The molecule has 1 aliphatic heterocycles. The molecule has 0 bridgehead atoms. The molecule has 0 N–H and O–H groups in total. The lowest BCUT2D eigenvalue weighted by Crippen LogP contribution is -2.71. The Kier molecular flexibility index (Phi) is 12.5. The molecule has 8 nitrogen and oxygen atoms in total. The zero-order valence-corrected chi connectivity index (χ0v) is 34.0. The van der Waals surface area contributed by atoms with Crippen molar-refractivity contribution >= 4 is 60.3 Å². The zero-order chi connectivity index (χ0) is 39.3. The fourth-order valence-electron chi connectivity index (χ4n) is 6.83. The number of nitrogens with zero attached hydrogens (tertiary/aromatic N) is 1. The van der Waals surface area contributed by atoms with Crippen LogP contribution < -0.4 is 15.9 Å². The third-order valence-corrected chi connectivity index (χ3v) is 19.4. The lowest BCUT2D eigenvalue weighted by atomic mass is 9.76. The lowest BCUT2D eigenvalue weighted by molar-refractivity contribution is -0.165. The summed E-state index contributed by atoms with van der Waals surface area (Å²) in [6, 6.07) is 36.3. The van der Waals surface area contributed by atoms with Crippen LogP contribution in [0.4, 0.5) is 0 Å². The second-order valence-corrected chi connectivity index (χ2v) is 23.1. The maximum atomic E-state index is 15.1. The first-order chi connectivity index (χ1) is 25.7. The van der Waals surface area contributed by atoms with Gasteiger partial charge in [0.1, 0.15) is 12.0 Å². The molecular weight excluding hydrogens is 714 g/mol. The van der Waals surface area contributed by atoms with Gasteiger partial charge in [-0.15, -0.1) is 0 Å². The number of carbonyl (C=O) groups excluding carboxylic acids is 4. The molecule has 1 amide bonds. The van der Waals surface area contributed by atoms with Crippen molar-refractivity contribution in [3.05, 3.63) is 140 Å². The van der Waals surface area contributed by atoms with Crippen LogP contribution >= 0.6 is 6.89 Å². The van der Waals surface area contributed by atoms with Crippen LogP contribution in [0.5, 0.6) is 0 Å². The van der Waals surface area contributed by atoms with Gasteiger partial charge in [-0.05, 0) is 60.0 Å². The summed E-state index contributed by atoms with van der Waals surface area (Å²) in [5.41, 5.74) is 0.334. The van der Waals surface area contributed by atoms with E-state index >= 15 is 4.79 Å². The number of benzene rings is 4. The van der Waals surface area contributed by atoms with Gasteiger partial charge in [-0.3, -0.25) is 9.59 Å². The molecule has 1 heterocycles. The average molecular weight is 764 g/mol. The smallest absolute Gasteiger partial charge is 0.356 e. The minimum atomic E-state index is -3.26. The Morgan fingerprint density at radius 2 is 1.24 bits per heavy atom. The molecule has 282 valence electrons. The monoisotopic (exact) mass is 763 g/mol. The summed E-state index contributed by atoms with van der Waals surface area (Å²) in [6.45, 7) is 14.5. The molecule has 5 rings (SSSR count). The van der Waals surface area contributed by atoms with Gasteiger partial charge in [-0.25, -0.2) is 9.59 Å². The topological polar surface area (TPSA) is 99.2 Å². The van der Waals surface area contributed by atoms with E-state index in [1.165, 1.54) is 11.0 Å². The van der Waals surface area contributed by atoms with Crippen molar-refractivity contribution in [1.29, 1.82) is 0 Å². The van der Waals surface area contributed by atoms with Crippen molar-refractivity contribution in [3.8, 4) is 0 Å². The number of carbonyl (C=O) groups is 4. The minimum absolute atomic E-state index is 0.106. The number of ether oxygens (including phenoxy) is 2. The van der Waals surface area contributed by atoms with Crippen molar-refractivity contribution in [3.63, 3.8) is 0 Å². The largest absolute Gasteiger partial charge is 0.457 e. The van der Waals surface area contributed by atoms with Crippen LogP contribution in [0.1, 0.15) is 45.0 Å². The van der Waals surface area contributed by atoms with E-state index in [0.29, 0.717) is 0 Å². The molecule has 0 aromatic heterocycles. The molecule has 4 aromatic carbocycles. The third-order valence-electron chi connectivity index (χ3n) is 10.6. The summed E-state index contributed by atoms with van der Waals surface area (Å²) in [4.78, 5) is 58.8. The van der Waals surface area contributed by atoms with Crippen molar-refractivity contribution in [2.24, 2.45) is 11.8 Å². The standard InChI is InChI=1S/C44H50NO7PSi/c1-9-30-50-43(49)40(53(34-24-16-11-17-25-34,35-26-18-12-19-27-35)36-28-20-13-21-29-36)45-38(31(2)41(47)51-42(48)33-22-14-10-15-23-33)37(39(45)46)32(3)52-54(7,8)44(4,5)6/h9-29,31-32,37-38H,1,30H2,2-8H3/t31-,32-,37-,38+/m1/s1.